The Kier molecular flexibility index (Phi) is 5.58. The second-order valence-corrected chi connectivity index (χ2v) is 6.64. The predicted octanol–water partition coefficient (Wildman–Crippen LogP) is 2.58. The van der Waals surface area contributed by atoms with Crippen LogP contribution in [-0.4, -0.2) is 38.7 Å². The molecule has 0 aliphatic rings. The third-order valence-electron chi connectivity index (χ3n) is 4.58. The number of anilines is 1. The van der Waals surface area contributed by atoms with Crippen molar-refractivity contribution in [2.75, 3.05) is 18.9 Å². The predicted molar refractivity (Wildman–Crippen MR) is 114 cm³/mol. The lowest BCUT2D eigenvalue weighted by Crippen LogP contribution is -2.29. The number of nitrogens with zero attached hydrogens (tertiary/aromatic N) is 3. The van der Waals surface area contributed by atoms with Crippen LogP contribution in [0.3, 0.4) is 0 Å². The van der Waals surface area contributed by atoms with Gasteiger partial charge in [0.15, 0.2) is 0 Å². The molecule has 1 amide bonds. The normalized spacial score (nSPS) is 10.8. The molecule has 0 saturated heterocycles. The first-order valence-corrected chi connectivity index (χ1v) is 9.46. The van der Waals surface area contributed by atoms with Crippen molar-refractivity contribution < 1.29 is 14.6 Å². The number of nitrogens with two attached hydrogens (primary N) is 1. The first-order valence-electron chi connectivity index (χ1n) is 9.46. The molecule has 0 spiro atoms. The Morgan fingerprint density at radius 2 is 1.80 bits per heavy atom. The summed E-state index contributed by atoms with van der Waals surface area (Å²) in [5.41, 5.74) is 8.42. The van der Waals surface area contributed by atoms with Gasteiger partial charge in [-0.1, -0.05) is 30.3 Å². The van der Waals surface area contributed by atoms with E-state index < -0.39 is 0 Å². The summed E-state index contributed by atoms with van der Waals surface area (Å²) in [7, 11) is 0. The second-order valence-electron chi connectivity index (χ2n) is 6.64. The Morgan fingerprint density at radius 3 is 2.53 bits per heavy atom. The molecule has 0 atom stereocenters. The van der Waals surface area contributed by atoms with Crippen LogP contribution in [0.2, 0.25) is 0 Å². The molecule has 0 bridgehead atoms. The van der Waals surface area contributed by atoms with E-state index in [-0.39, 0.29) is 25.6 Å². The van der Waals surface area contributed by atoms with Gasteiger partial charge in [-0.3, -0.25) is 4.79 Å². The molecule has 0 aliphatic heterocycles. The molecule has 152 valence electrons. The molecular formula is C22H21N5O3. The second kappa shape index (κ2) is 8.62. The number of aliphatic hydroxyl groups is 1. The molecule has 0 unspecified atom stereocenters. The number of benzene rings is 2. The summed E-state index contributed by atoms with van der Waals surface area (Å²) in [6.07, 6.45) is 3.21. The average molecular weight is 403 g/mol. The number of rotatable bonds is 7. The highest BCUT2D eigenvalue weighted by Gasteiger charge is 2.16. The number of carbonyl (C=O) groups is 1. The zero-order chi connectivity index (χ0) is 20.9. The fourth-order valence-corrected chi connectivity index (χ4v) is 3.22. The number of fused-ring (bicyclic) bond motifs is 1. The topological polar surface area (TPSA) is 115 Å². The summed E-state index contributed by atoms with van der Waals surface area (Å²) < 4.78 is 7.57. The molecule has 2 heterocycles. The Morgan fingerprint density at radius 1 is 1.07 bits per heavy atom. The minimum atomic E-state index is -0.226. The van der Waals surface area contributed by atoms with E-state index in [1.165, 1.54) is 6.33 Å². The van der Waals surface area contributed by atoms with Gasteiger partial charge in [0.25, 0.3) is 0 Å². The number of hydrogen-bond donors (Lipinski definition) is 3. The smallest absolute Gasteiger partial charge is 0.240 e. The molecular weight excluding hydrogens is 382 g/mol. The third-order valence-corrected chi connectivity index (χ3v) is 4.58. The quantitative estimate of drug-likeness (QED) is 0.437. The lowest BCUT2D eigenvalue weighted by atomic mass is 10.1. The Labute approximate surface area is 173 Å². The van der Waals surface area contributed by atoms with E-state index in [2.05, 4.69) is 15.3 Å². The molecule has 2 aromatic carbocycles. The number of carbonyl (C=O) groups excluding carboxylic acids is 1. The van der Waals surface area contributed by atoms with Crippen molar-refractivity contribution >= 4 is 22.8 Å². The lowest BCUT2D eigenvalue weighted by molar-refractivity contribution is -0.121. The van der Waals surface area contributed by atoms with Crippen LogP contribution >= 0.6 is 0 Å². The SMILES string of the molecule is Nc1ncnc2c1c(-c1ccc(Oc3ccccc3)cc1)cn2CC(=O)NCCO. The Balaban J connectivity index is 1.65. The van der Waals surface area contributed by atoms with Gasteiger partial charge in [-0.15, -0.1) is 0 Å². The zero-order valence-electron chi connectivity index (χ0n) is 16.2. The van der Waals surface area contributed by atoms with E-state index >= 15 is 0 Å². The van der Waals surface area contributed by atoms with Gasteiger partial charge in [0.05, 0.1) is 12.0 Å². The van der Waals surface area contributed by atoms with Gasteiger partial charge in [0.2, 0.25) is 5.91 Å². The standard InChI is InChI=1S/C22H21N5O3/c23-21-20-18(12-27(22(20)26-14-25-21)13-19(29)24-10-11-28)15-6-8-17(9-7-15)30-16-4-2-1-3-5-16/h1-9,12,14,28H,10-11,13H2,(H,24,29)(H2,23,25,26). The van der Waals surface area contributed by atoms with E-state index in [1.54, 1.807) is 4.57 Å². The highest BCUT2D eigenvalue weighted by molar-refractivity contribution is 6.01. The lowest BCUT2D eigenvalue weighted by Gasteiger charge is -2.06. The molecule has 8 heteroatoms. The van der Waals surface area contributed by atoms with Crippen molar-refractivity contribution in [3.63, 3.8) is 0 Å². The van der Waals surface area contributed by atoms with E-state index in [1.807, 2.05) is 60.8 Å². The van der Waals surface area contributed by atoms with Gasteiger partial charge in [0, 0.05) is 18.3 Å². The third kappa shape index (κ3) is 4.08. The number of aliphatic hydroxyl groups excluding tert-OH is 1. The average Bonchev–Trinajstić information content (AvgIpc) is 3.13. The van der Waals surface area contributed by atoms with Gasteiger partial charge < -0.3 is 25.5 Å². The molecule has 4 N–H and O–H groups in total. The van der Waals surface area contributed by atoms with Crippen molar-refractivity contribution in [2.24, 2.45) is 0 Å². The Bertz CT molecular complexity index is 1160. The maximum absolute atomic E-state index is 12.1. The zero-order valence-corrected chi connectivity index (χ0v) is 16.2. The number of aromatic nitrogens is 3. The molecule has 30 heavy (non-hydrogen) atoms. The molecule has 8 nitrogen and oxygen atoms in total. The van der Waals surface area contributed by atoms with Crippen LogP contribution in [-0.2, 0) is 11.3 Å². The summed E-state index contributed by atoms with van der Waals surface area (Å²) in [5, 5.41) is 12.2. The summed E-state index contributed by atoms with van der Waals surface area (Å²) in [4.78, 5) is 20.5. The summed E-state index contributed by atoms with van der Waals surface area (Å²) in [6, 6.07) is 17.1. The van der Waals surface area contributed by atoms with E-state index in [0.29, 0.717) is 22.6 Å². The van der Waals surface area contributed by atoms with Crippen LogP contribution in [0.1, 0.15) is 0 Å². The molecule has 2 aromatic heterocycles. The van der Waals surface area contributed by atoms with Crippen molar-refractivity contribution in [3.8, 4) is 22.6 Å². The molecule has 4 aromatic rings. The van der Waals surface area contributed by atoms with E-state index in [0.717, 1.165) is 16.9 Å². The molecule has 4 rings (SSSR count). The van der Waals surface area contributed by atoms with Crippen molar-refractivity contribution in [1.82, 2.24) is 19.9 Å². The van der Waals surface area contributed by atoms with Crippen molar-refractivity contribution in [3.05, 3.63) is 67.1 Å². The highest BCUT2D eigenvalue weighted by Crippen LogP contribution is 2.34. The van der Waals surface area contributed by atoms with Gasteiger partial charge >= 0.3 is 0 Å². The Hall–Kier alpha value is -3.91. The van der Waals surface area contributed by atoms with Crippen LogP contribution in [0.25, 0.3) is 22.2 Å². The maximum Gasteiger partial charge on any atom is 0.240 e. The maximum atomic E-state index is 12.1. The minimum absolute atomic E-state index is 0.0577. The monoisotopic (exact) mass is 403 g/mol. The summed E-state index contributed by atoms with van der Waals surface area (Å²) in [5.74, 6) is 1.58. The van der Waals surface area contributed by atoms with Crippen LogP contribution in [0, 0.1) is 0 Å². The van der Waals surface area contributed by atoms with Crippen LogP contribution in [0.4, 0.5) is 5.82 Å². The molecule has 0 fully saturated rings. The first kappa shape index (κ1) is 19.4. The summed E-state index contributed by atoms with van der Waals surface area (Å²) in [6.45, 7) is 0.142. The minimum Gasteiger partial charge on any atom is -0.457 e. The van der Waals surface area contributed by atoms with Crippen LogP contribution in [0.5, 0.6) is 11.5 Å². The summed E-state index contributed by atoms with van der Waals surface area (Å²) >= 11 is 0. The number of ether oxygens (including phenoxy) is 1. The van der Waals surface area contributed by atoms with Crippen LogP contribution in [0.15, 0.2) is 67.1 Å². The largest absolute Gasteiger partial charge is 0.457 e. The van der Waals surface area contributed by atoms with Crippen LogP contribution < -0.4 is 15.8 Å². The fourth-order valence-electron chi connectivity index (χ4n) is 3.22. The number of amides is 1. The van der Waals surface area contributed by atoms with E-state index in [4.69, 9.17) is 15.6 Å². The first-order chi connectivity index (χ1) is 14.7. The molecule has 0 aliphatic carbocycles. The number of nitrogen functional groups attached to an aromatic ring is 1. The van der Waals surface area contributed by atoms with Crippen molar-refractivity contribution in [1.29, 1.82) is 0 Å². The van der Waals surface area contributed by atoms with Gasteiger partial charge in [-0.2, -0.15) is 0 Å². The molecule has 0 radical (unpaired) electrons. The molecule has 0 saturated carbocycles. The fraction of sp³-hybridized carbons (Fsp3) is 0.136. The van der Waals surface area contributed by atoms with Crippen molar-refractivity contribution in [2.45, 2.75) is 6.54 Å². The van der Waals surface area contributed by atoms with Gasteiger partial charge in [-0.25, -0.2) is 9.97 Å². The number of para-hydroxylation sites is 1. The number of nitrogens with one attached hydrogen (secondary N) is 1. The number of hydrogen-bond acceptors (Lipinski definition) is 6. The highest BCUT2D eigenvalue weighted by atomic mass is 16.5. The van der Waals surface area contributed by atoms with E-state index in [9.17, 15) is 4.79 Å². The van der Waals surface area contributed by atoms with Gasteiger partial charge in [0.1, 0.15) is 35.8 Å². The van der Waals surface area contributed by atoms with Gasteiger partial charge in [-0.05, 0) is 29.8 Å².